The zero-order chi connectivity index (χ0) is 22.9. The van der Waals surface area contributed by atoms with Crippen LogP contribution in [0.15, 0.2) is 18.2 Å². The number of imide groups is 1. The average molecular weight is 429 g/mol. The largest absolute Gasteiger partial charge is 0.338 e. The summed E-state index contributed by atoms with van der Waals surface area (Å²) in [6.45, 7) is 11.7. The molecule has 8 nitrogen and oxygen atoms in total. The van der Waals surface area contributed by atoms with E-state index in [1.54, 1.807) is 21.9 Å². The number of hydrogen-bond acceptors (Lipinski definition) is 4. The maximum absolute atomic E-state index is 13.0. The monoisotopic (exact) mass is 428 g/mol. The minimum atomic E-state index is -0.630. The van der Waals surface area contributed by atoms with Gasteiger partial charge in [0.05, 0.1) is 11.1 Å². The standard InChI is InChI=1S/C23H32N4O4/c1-6-25(7-2)22(31)24-16-10-12-26(13-11-16)19(28)15-8-9-17-18(14-15)21(30)27(20(17)29)23(3,4)5/h8-9,14,16H,6-7,10-13H2,1-5H3,(H,24,31). The van der Waals surface area contributed by atoms with Gasteiger partial charge in [-0.2, -0.15) is 0 Å². The number of amides is 5. The summed E-state index contributed by atoms with van der Waals surface area (Å²) in [6, 6.07) is 4.70. The van der Waals surface area contributed by atoms with Crippen molar-refractivity contribution in [3.05, 3.63) is 34.9 Å². The van der Waals surface area contributed by atoms with Gasteiger partial charge in [-0.15, -0.1) is 0 Å². The number of hydrogen-bond donors (Lipinski definition) is 1. The molecule has 2 aliphatic rings. The number of benzene rings is 1. The number of piperidine rings is 1. The summed E-state index contributed by atoms with van der Waals surface area (Å²) < 4.78 is 0. The molecular weight excluding hydrogens is 396 g/mol. The van der Waals surface area contributed by atoms with Crippen molar-refractivity contribution in [1.29, 1.82) is 0 Å². The van der Waals surface area contributed by atoms with Crippen LogP contribution in [0.1, 0.15) is 78.5 Å². The molecule has 1 fully saturated rings. The van der Waals surface area contributed by atoms with Crippen molar-refractivity contribution in [2.24, 2.45) is 0 Å². The van der Waals surface area contributed by atoms with Crippen molar-refractivity contribution < 1.29 is 19.2 Å². The normalized spacial score (nSPS) is 17.1. The smallest absolute Gasteiger partial charge is 0.317 e. The third kappa shape index (κ3) is 4.43. The minimum Gasteiger partial charge on any atom is -0.338 e. The lowest BCUT2D eigenvalue weighted by atomic mass is 10.0. The highest BCUT2D eigenvalue weighted by atomic mass is 16.2. The molecule has 2 aliphatic heterocycles. The number of rotatable bonds is 4. The Morgan fingerprint density at radius 1 is 1.03 bits per heavy atom. The molecule has 0 aliphatic carbocycles. The Bertz CT molecular complexity index is 893. The molecule has 3 rings (SSSR count). The van der Waals surface area contributed by atoms with Crippen LogP contribution >= 0.6 is 0 Å². The van der Waals surface area contributed by atoms with E-state index in [2.05, 4.69) is 5.32 Å². The molecule has 31 heavy (non-hydrogen) atoms. The summed E-state index contributed by atoms with van der Waals surface area (Å²) in [4.78, 5) is 55.4. The van der Waals surface area contributed by atoms with Gasteiger partial charge in [0.2, 0.25) is 0 Å². The lowest BCUT2D eigenvalue weighted by molar-refractivity contribution is 0.0507. The van der Waals surface area contributed by atoms with Crippen LogP contribution < -0.4 is 5.32 Å². The van der Waals surface area contributed by atoms with E-state index in [0.717, 1.165) is 0 Å². The number of fused-ring (bicyclic) bond motifs is 1. The van der Waals surface area contributed by atoms with E-state index in [1.165, 1.54) is 11.0 Å². The molecule has 0 atom stereocenters. The molecule has 2 heterocycles. The highest BCUT2D eigenvalue weighted by Crippen LogP contribution is 2.30. The van der Waals surface area contributed by atoms with Crippen molar-refractivity contribution in [3.63, 3.8) is 0 Å². The molecule has 0 unspecified atom stereocenters. The van der Waals surface area contributed by atoms with Gasteiger partial charge in [0, 0.05) is 43.3 Å². The van der Waals surface area contributed by atoms with Crippen LogP contribution in [0.3, 0.4) is 0 Å². The predicted octanol–water partition coefficient (Wildman–Crippen LogP) is 2.74. The zero-order valence-corrected chi connectivity index (χ0v) is 19.0. The quantitative estimate of drug-likeness (QED) is 0.747. The van der Waals surface area contributed by atoms with E-state index in [0.29, 0.717) is 50.1 Å². The number of carbonyl (C=O) groups is 4. The van der Waals surface area contributed by atoms with Crippen molar-refractivity contribution >= 4 is 23.8 Å². The van der Waals surface area contributed by atoms with Crippen LogP contribution in [0.25, 0.3) is 0 Å². The van der Waals surface area contributed by atoms with Gasteiger partial charge in [0.15, 0.2) is 0 Å². The Morgan fingerprint density at radius 2 is 1.61 bits per heavy atom. The van der Waals surface area contributed by atoms with Gasteiger partial charge in [0.1, 0.15) is 0 Å². The minimum absolute atomic E-state index is 0.0386. The van der Waals surface area contributed by atoms with Gasteiger partial charge < -0.3 is 15.1 Å². The second kappa shape index (κ2) is 8.69. The maximum atomic E-state index is 13.0. The van der Waals surface area contributed by atoms with E-state index < -0.39 is 5.54 Å². The van der Waals surface area contributed by atoms with Gasteiger partial charge in [-0.1, -0.05) is 0 Å². The highest BCUT2D eigenvalue weighted by Gasteiger charge is 2.42. The summed E-state index contributed by atoms with van der Waals surface area (Å²) in [6.07, 6.45) is 1.36. The fourth-order valence-corrected chi connectivity index (χ4v) is 4.17. The topological polar surface area (TPSA) is 90.0 Å². The molecular formula is C23H32N4O4. The molecule has 0 saturated carbocycles. The Balaban J connectivity index is 1.66. The first-order chi connectivity index (χ1) is 14.6. The zero-order valence-electron chi connectivity index (χ0n) is 19.0. The van der Waals surface area contributed by atoms with Gasteiger partial charge in [0.25, 0.3) is 17.7 Å². The van der Waals surface area contributed by atoms with Crippen LogP contribution in [0.2, 0.25) is 0 Å². The SMILES string of the molecule is CCN(CC)C(=O)NC1CCN(C(=O)c2ccc3c(c2)C(=O)N(C(C)(C)C)C3=O)CC1. The van der Waals surface area contributed by atoms with Crippen LogP contribution in [0.5, 0.6) is 0 Å². The Morgan fingerprint density at radius 3 is 2.16 bits per heavy atom. The number of nitrogens with one attached hydrogen (secondary N) is 1. The van der Waals surface area contributed by atoms with Crippen LogP contribution in [0.4, 0.5) is 4.79 Å². The number of urea groups is 1. The second-order valence-corrected chi connectivity index (χ2v) is 9.07. The first-order valence-electron chi connectivity index (χ1n) is 11.0. The van der Waals surface area contributed by atoms with Crippen molar-refractivity contribution in [2.75, 3.05) is 26.2 Å². The van der Waals surface area contributed by atoms with Crippen LogP contribution in [-0.4, -0.2) is 76.2 Å². The summed E-state index contributed by atoms with van der Waals surface area (Å²) >= 11 is 0. The molecule has 0 radical (unpaired) electrons. The van der Waals surface area contributed by atoms with Crippen molar-refractivity contribution in [1.82, 2.24) is 20.0 Å². The molecule has 1 saturated heterocycles. The Hall–Kier alpha value is -2.90. The first kappa shape index (κ1) is 22.8. The van der Waals surface area contributed by atoms with Gasteiger partial charge >= 0.3 is 6.03 Å². The molecule has 1 N–H and O–H groups in total. The molecule has 5 amide bonds. The van der Waals surface area contributed by atoms with E-state index in [4.69, 9.17) is 0 Å². The number of carbonyl (C=O) groups excluding carboxylic acids is 4. The predicted molar refractivity (Wildman–Crippen MR) is 117 cm³/mol. The van der Waals surface area contributed by atoms with E-state index in [-0.39, 0.29) is 35.4 Å². The Labute approximate surface area is 183 Å². The van der Waals surface area contributed by atoms with E-state index in [1.807, 2.05) is 34.6 Å². The van der Waals surface area contributed by atoms with Crippen LogP contribution in [0, 0.1) is 0 Å². The number of nitrogens with zero attached hydrogens (tertiary/aromatic N) is 3. The molecule has 1 aromatic rings. The Kier molecular flexibility index (Phi) is 6.38. The maximum Gasteiger partial charge on any atom is 0.317 e. The fraction of sp³-hybridized carbons (Fsp3) is 0.565. The average Bonchev–Trinajstić information content (AvgIpc) is 2.98. The molecule has 0 spiro atoms. The van der Waals surface area contributed by atoms with E-state index in [9.17, 15) is 19.2 Å². The van der Waals surface area contributed by atoms with Crippen molar-refractivity contribution in [3.8, 4) is 0 Å². The van der Waals surface area contributed by atoms with Crippen molar-refractivity contribution in [2.45, 2.75) is 59.0 Å². The second-order valence-electron chi connectivity index (χ2n) is 9.07. The number of likely N-dealkylation sites (tertiary alicyclic amines) is 1. The summed E-state index contributed by atoms with van der Waals surface area (Å²) in [5, 5.41) is 3.04. The molecule has 8 heteroatoms. The lowest BCUT2D eigenvalue weighted by Crippen LogP contribution is -2.50. The van der Waals surface area contributed by atoms with Gasteiger partial charge in [-0.05, 0) is 65.7 Å². The first-order valence-corrected chi connectivity index (χ1v) is 11.0. The molecule has 0 bridgehead atoms. The van der Waals surface area contributed by atoms with Gasteiger partial charge in [-0.25, -0.2) is 4.79 Å². The fourth-order valence-electron chi connectivity index (χ4n) is 4.17. The summed E-state index contributed by atoms with van der Waals surface area (Å²) in [5.41, 5.74) is 0.400. The summed E-state index contributed by atoms with van der Waals surface area (Å²) in [7, 11) is 0. The molecule has 1 aromatic carbocycles. The summed E-state index contributed by atoms with van der Waals surface area (Å²) in [5.74, 6) is -0.845. The molecule has 0 aromatic heterocycles. The lowest BCUT2D eigenvalue weighted by Gasteiger charge is -2.33. The van der Waals surface area contributed by atoms with Gasteiger partial charge in [-0.3, -0.25) is 19.3 Å². The van der Waals surface area contributed by atoms with Crippen LogP contribution in [-0.2, 0) is 0 Å². The highest BCUT2D eigenvalue weighted by molar-refractivity contribution is 6.22. The van der Waals surface area contributed by atoms with E-state index >= 15 is 0 Å². The molecule has 168 valence electrons. The third-order valence-corrected chi connectivity index (χ3v) is 5.96. The third-order valence-electron chi connectivity index (χ3n) is 5.96.